The Labute approximate surface area is 142 Å². The number of aliphatic hydroxyl groups excluding tert-OH is 1. The van der Waals surface area contributed by atoms with Crippen LogP contribution in [0.15, 0.2) is 34.4 Å². The second-order valence-electron chi connectivity index (χ2n) is 8.72. The van der Waals surface area contributed by atoms with Gasteiger partial charge in [-0.05, 0) is 68.7 Å². The van der Waals surface area contributed by atoms with E-state index < -0.39 is 0 Å². The molecule has 0 aromatic carbocycles. The molecular weight excluding hydrogens is 282 g/mol. The van der Waals surface area contributed by atoms with E-state index >= 15 is 0 Å². The number of rotatable bonds is 3. The minimum absolute atomic E-state index is 0.221. The Bertz CT molecular complexity index is 566. The molecule has 3 rings (SSSR count). The Morgan fingerprint density at radius 3 is 2.65 bits per heavy atom. The first-order valence-corrected chi connectivity index (χ1v) is 9.28. The number of aliphatic hydroxyl groups is 1. The SMILES string of the molecule is CC(C)C1=C2C3=CC=C(CN(C)C)CC(O)C3CCC2(C)CC1. The van der Waals surface area contributed by atoms with E-state index in [1.165, 1.54) is 30.4 Å². The molecule has 3 aliphatic carbocycles. The summed E-state index contributed by atoms with van der Waals surface area (Å²) >= 11 is 0. The van der Waals surface area contributed by atoms with Gasteiger partial charge in [-0.2, -0.15) is 0 Å². The first kappa shape index (κ1) is 17.0. The van der Waals surface area contributed by atoms with Crippen LogP contribution in [0.3, 0.4) is 0 Å². The summed E-state index contributed by atoms with van der Waals surface area (Å²) in [5, 5.41) is 10.9. The molecule has 23 heavy (non-hydrogen) atoms. The third kappa shape index (κ3) is 3.08. The molecule has 3 unspecified atom stereocenters. The summed E-state index contributed by atoms with van der Waals surface area (Å²) in [5.41, 5.74) is 6.43. The highest BCUT2D eigenvalue weighted by atomic mass is 16.3. The normalized spacial score (nSPS) is 34.3. The molecule has 3 atom stereocenters. The smallest absolute Gasteiger partial charge is 0.0646 e. The fourth-order valence-corrected chi connectivity index (χ4v) is 5.04. The zero-order valence-corrected chi connectivity index (χ0v) is 15.5. The summed E-state index contributed by atoms with van der Waals surface area (Å²) in [5.74, 6) is 0.956. The standard InChI is InChI=1S/C21H33NO/c1-14(2)16-8-10-21(3)11-9-17-18(20(16)21)7-6-15(12-19(17)23)13-22(4)5/h6-7,14,17,19,23H,8-13H2,1-5H3. The van der Waals surface area contributed by atoms with Crippen molar-refractivity contribution in [1.82, 2.24) is 4.90 Å². The van der Waals surface area contributed by atoms with Gasteiger partial charge in [-0.25, -0.2) is 0 Å². The molecule has 1 fully saturated rings. The second kappa shape index (κ2) is 6.22. The molecule has 0 radical (unpaired) electrons. The van der Waals surface area contributed by atoms with Gasteiger partial charge in [0, 0.05) is 12.5 Å². The maximum absolute atomic E-state index is 10.9. The third-order valence-electron chi connectivity index (χ3n) is 6.22. The number of allylic oxidation sites excluding steroid dienone is 4. The van der Waals surface area contributed by atoms with Crippen molar-refractivity contribution in [2.45, 2.75) is 59.0 Å². The number of hydrogen-bond acceptors (Lipinski definition) is 2. The van der Waals surface area contributed by atoms with Gasteiger partial charge < -0.3 is 10.0 Å². The van der Waals surface area contributed by atoms with Crippen molar-refractivity contribution < 1.29 is 5.11 Å². The van der Waals surface area contributed by atoms with Crippen LogP contribution in [-0.4, -0.2) is 36.8 Å². The van der Waals surface area contributed by atoms with E-state index in [2.05, 4.69) is 51.9 Å². The summed E-state index contributed by atoms with van der Waals surface area (Å²) in [6.45, 7) is 8.06. The average Bonchev–Trinajstić information content (AvgIpc) is 2.73. The molecule has 0 aromatic heterocycles. The van der Waals surface area contributed by atoms with Gasteiger partial charge in [0.05, 0.1) is 6.10 Å². The molecule has 0 aliphatic heterocycles. The first-order chi connectivity index (χ1) is 10.8. The molecule has 3 aliphatic rings. The van der Waals surface area contributed by atoms with Crippen molar-refractivity contribution in [2.75, 3.05) is 20.6 Å². The number of nitrogens with zero attached hydrogens (tertiary/aromatic N) is 1. The largest absolute Gasteiger partial charge is 0.392 e. The van der Waals surface area contributed by atoms with Crippen LogP contribution >= 0.6 is 0 Å². The van der Waals surface area contributed by atoms with Gasteiger partial charge in [-0.1, -0.05) is 44.1 Å². The summed E-state index contributed by atoms with van der Waals surface area (Å²) < 4.78 is 0. The molecule has 1 N–H and O–H groups in total. The van der Waals surface area contributed by atoms with Crippen molar-refractivity contribution >= 4 is 0 Å². The van der Waals surface area contributed by atoms with Crippen LogP contribution in [0.1, 0.15) is 52.9 Å². The lowest BCUT2D eigenvalue weighted by atomic mass is 9.64. The molecular formula is C21H33NO. The fourth-order valence-electron chi connectivity index (χ4n) is 5.04. The predicted molar refractivity (Wildman–Crippen MR) is 97.3 cm³/mol. The van der Waals surface area contributed by atoms with Crippen LogP contribution in [0.2, 0.25) is 0 Å². The number of hydrogen-bond donors (Lipinski definition) is 1. The average molecular weight is 316 g/mol. The molecule has 0 amide bonds. The van der Waals surface area contributed by atoms with Gasteiger partial charge in [-0.3, -0.25) is 0 Å². The van der Waals surface area contributed by atoms with Crippen molar-refractivity contribution in [1.29, 1.82) is 0 Å². The molecule has 2 heteroatoms. The van der Waals surface area contributed by atoms with E-state index in [9.17, 15) is 5.11 Å². The zero-order valence-electron chi connectivity index (χ0n) is 15.5. The summed E-state index contributed by atoms with van der Waals surface area (Å²) in [6, 6.07) is 0. The number of fused-ring (bicyclic) bond motifs is 3. The molecule has 0 spiro atoms. The molecule has 0 bridgehead atoms. The first-order valence-electron chi connectivity index (χ1n) is 9.28. The van der Waals surface area contributed by atoms with Gasteiger partial charge in [-0.15, -0.1) is 0 Å². The molecule has 2 nitrogen and oxygen atoms in total. The van der Waals surface area contributed by atoms with Crippen molar-refractivity contribution in [3.05, 3.63) is 34.4 Å². The van der Waals surface area contributed by atoms with Crippen LogP contribution in [0, 0.1) is 17.3 Å². The van der Waals surface area contributed by atoms with E-state index in [0.29, 0.717) is 17.3 Å². The summed E-state index contributed by atoms with van der Waals surface area (Å²) in [7, 11) is 4.21. The van der Waals surface area contributed by atoms with Gasteiger partial charge in [0.15, 0.2) is 0 Å². The highest BCUT2D eigenvalue weighted by molar-refractivity contribution is 5.50. The molecule has 0 saturated heterocycles. The maximum Gasteiger partial charge on any atom is 0.0646 e. The van der Waals surface area contributed by atoms with E-state index in [4.69, 9.17) is 0 Å². The maximum atomic E-state index is 10.9. The van der Waals surface area contributed by atoms with Gasteiger partial charge >= 0.3 is 0 Å². The Hall–Kier alpha value is -0.860. The van der Waals surface area contributed by atoms with Crippen molar-refractivity contribution in [2.24, 2.45) is 17.3 Å². The molecule has 0 heterocycles. The lowest BCUT2D eigenvalue weighted by Crippen LogP contribution is -2.33. The predicted octanol–water partition coefficient (Wildman–Crippen LogP) is 4.33. The van der Waals surface area contributed by atoms with E-state index in [1.54, 1.807) is 11.1 Å². The van der Waals surface area contributed by atoms with Crippen LogP contribution in [0.25, 0.3) is 0 Å². The Balaban J connectivity index is 2.03. The third-order valence-corrected chi connectivity index (χ3v) is 6.22. The topological polar surface area (TPSA) is 23.5 Å². The van der Waals surface area contributed by atoms with Gasteiger partial charge in [0.2, 0.25) is 0 Å². The lowest BCUT2D eigenvalue weighted by Gasteiger charge is -2.41. The van der Waals surface area contributed by atoms with E-state index in [-0.39, 0.29) is 6.10 Å². The Morgan fingerprint density at radius 2 is 2.00 bits per heavy atom. The highest BCUT2D eigenvalue weighted by Gasteiger charge is 2.45. The molecule has 128 valence electrons. The van der Waals surface area contributed by atoms with Gasteiger partial charge in [0.25, 0.3) is 0 Å². The van der Waals surface area contributed by atoms with Crippen LogP contribution in [0.5, 0.6) is 0 Å². The second-order valence-corrected chi connectivity index (χ2v) is 8.72. The van der Waals surface area contributed by atoms with Gasteiger partial charge in [0.1, 0.15) is 0 Å². The van der Waals surface area contributed by atoms with Crippen LogP contribution in [-0.2, 0) is 0 Å². The zero-order chi connectivity index (χ0) is 16.8. The fraction of sp³-hybridized carbons (Fsp3) is 0.714. The Morgan fingerprint density at radius 1 is 1.26 bits per heavy atom. The van der Waals surface area contributed by atoms with Crippen LogP contribution < -0.4 is 0 Å². The lowest BCUT2D eigenvalue weighted by molar-refractivity contribution is 0.103. The minimum Gasteiger partial charge on any atom is -0.392 e. The highest BCUT2D eigenvalue weighted by Crippen LogP contribution is 2.57. The van der Waals surface area contributed by atoms with Crippen molar-refractivity contribution in [3.63, 3.8) is 0 Å². The van der Waals surface area contributed by atoms with Crippen molar-refractivity contribution in [3.8, 4) is 0 Å². The number of likely N-dealkylation sites (N-methyl/N-ethyl adjacent to an activating group) is 1. The Kier molecular flexibility index (Phi) is 4.59. The van der Waals surface area contributed by atoms with E-state index in [1.807, 2.05) is 0 Å². The van der Waals surface area contributed by atoms with E-state index in [0.717, 1.165) is 19.4 Å². The monoisotopic (exact) mass is 315 g/mol. The summed E-state index contributed by atoms with van der Waals surface area (Å²) in [6.07, 6.45) is 10.2. The summed E-state index contributed by atoms with van der Waals surface area (Å²) in [4.78, 5) is 2.20. The minimum atomic E-state index is -0.221. The quantitative estimate of drug-likeness (QED) is 0.838. The molecule has 0 aromatic rings. The molecule has 1 saturated carbocycles. The van der Waals surface area contributed by atoms with Crippen LogP contribution in [0.4, 0.5) is 0 Å².